The van der Waals surface area contributed by atoms with Crippen molar-refractivity contribution in [1.82, 2.24) is 9.78 Å². The van der Waals surface area contributed by atoms with Crippen molar-refractivity contribution in [1.29, 1.82) is 0 Å². The smallest absolute Gasteiger partial charge is 0.0821 e. The van der Waals surface area contributed by atoms with Crippen LogP contribution in [0.1, 0.15) is 32.9 Å². The van der Waals surface area contributed by atoms with Crippen LogP contribution in [0.25, 0.3) is 0 Å². The highest BCUT2D eigenvalue weighted by Gasteiger charge is 2.38. The highest BCUT2D eigenvalue weighted by molar-refractivity contribution is 5.03. The van der Waals surface area contributed by atoms with E-state index < -0.39 is 5.60 Å². The maximum atomic E-state index is 10.5. The molecule has 1 unspecified atom stereocenters. The normalized spacial score (nSPS) is 16.1. The van der Waals surface area contributed by atoms with E-state index in [-0.39, 0.29) is 12.0 Å². The van der Waals surface area contributed by atoms with Gasteiger partial charge in [0.05, 0.1) is 5.60 Å². The Kier molecular flexibility index (Phi) is 3.76. The highest BCUT2D eigenvalue weighted by atomic mass is 16.3. The third-order valence-corrected chi connectivity index (χ3v) is 3.45. The lowest BCUT2D eigenvalue weighted by molar-refractivity contribution is -0.0562. The van der Waals surface area contributed by atoms with Crippen molar-refractivity contribution >= 4 is 0 Å². The molecule has 0 aromatic carbocycles. The molecule has 0 saturated carbocycles. The maximum Gasteiger partial charge on any atom is 0.0821 e. The van der Waals surface area contributed by atoms with Crippen LogP contribution in [-0.2, 0) is 13.5 Å². The van der Waals surface area contributed by atoms with E-state index in [1.165, 1.54) is 0 Å². The summed E-state index contributed by atoms with van der Waals surface area (Å²) in [6.07, 6.45) is 3.22. The largest absolute Gasteiger partial charge is 0.388 e. The molecule has 1 heterocycles. The molecular formula is C12H23N3O. The molecule has 1 aromatic rings. The van der Waals surface area contributed by atoms with Gasteiger partial charge in [0.1, 0.15) is 0 Å². The molecule has 16 heavy (non-hydrogen) atoms. The number of aryl methyl sites for hydroxylation is 2. The van der Waals surface area contributed by atoms with Crippen LogP contribution in [0.4, 0.5) is 0 Å². The fourth-order valence-corrected chi connectivity index (χ4v) is 1.76. The molecule has 4 heteroatoms. The summed E-state index contributed by atoms with van der Waals surface area (Å²) in [5.74, 6) is 0. The van der Waals surface area contributed by atoms with Gasteiger partial charge in [-0.2, -0.15) is 5.10 Å². The predicted molar refractivity (Wildman–Crippen MR) is 65.0 cm³/mol. The Morgan fingerprint density at radius 2 is 2.06 bits per heavy atom. The van der Waals surface area contributed by atoms with Gasteiger partial charge in [0, 0.05) is 25.5 Å². The molecule has 3 N–H and O–H groups in total. The number of rotatable bonds is 4. The van der Waals surface area contributed by atoms with E-state index in [2.05, 4.69) is 5.10 Å². The molecule has 0 fully saturated rings. The standard InChI is InChI=1S/C12H23N3O/c1-11(2,3)12(16,9-13)7-5-10-6-8-14-15(10)4/h6,8,16H,5,7,9,13H2,1-4H3. The Balaban J connectivity index is 2.69. The van der Waals surface area contributed by atoms with Crippen molar-refractivity contribution in [3.05, 3.63) is 18.0 Å². The molecule has 0 aliphatic heterocycles. The van der Waals surface area contributed by atoms with Gasteiger partial charge in [0.2, 0.25) is 0 Å². The second-order valence-electron chi connectivity index (χ2n) is 5.43. The molecule has 0 aliphatic rings. The summed E-state index contributed by atoms with van der Waals surface area (Å²) in [4.78, 5) is 0. The number of hydrogen-bond donors (Lipinski definition) is 2. The maximum absolute atomic E-state index is 10.5. The third kappa shape index (κ3) is 2.62. The minimum absolute atomic E-state index is 0.208. The summed E-state index contributed by atoms with van der Waals surface area (Å²) < 4.78 is 1.83. The van der Waals surface area contributed by atoms with Crippen molar-refractivity contribution in [2.75, 3.05) is 6.54 Å². The minimum atomic E-state index is -0.822. The third-order valence-electron chi connectivity index (χ3n) is 3.45. The summed E-state index contributed by atoms with van der Waals surface area (Å²) in [5.41, 5.74) is 5.79. The Labute approximate surface area is 97.5 Å². The van der Waals surface area contributed by atoms with Crippen molar-refractivity contribution in [3.63, 3.8) is 0 Å². The Morgan fingerprint density at radius 1 is 1.44 bits per heavy atom. The van der Waals surface area contributed by atoms with Crippen molar-refractivity contribution in [3.8, 4) is 0 Å². The lowest BCUT2D eigenvalue weighted by atomic mass is 9.73. The first kappa shape index (κ1) is 13.2. The van der Waals surface area contributed by atoms with Gasteiger partial charge >= 0.3 is 0 Å². The van der Waals surface area contributed by atoms with Crippen LogP contribution in [0.3, 0.4) is 0 Å². The van der Waals surface area contributed by atoms with Gasteiger partial charge < -0.3 is 10.8 Å². The van der Waals surface area contributed by atoms with E-state index in [9.17, 15) is 5.11 Å². The van der Waals surface area contributed by atoms with E-state index in [1.807, 2.05) is 38.6 Å². The Hall–Kier alpha value is -0.870. The van der Waals surface area contributed by atoms with Crippen LogP contribution in [0.15, 0.2) is 12.3 Å². The first-order chi connectivity index (χ1) is 7.30. The number of hydrogen-bond acceptors (Lipinski definition) is 3. The molecule has 0 spiro atoms. The Morgan fingerprint density at radius 3 is 2.44 bits per heavy atom. The number of nitrogens with two attached hydrogens (primary N) is 1. The molecule has 0 bridgehead atoms. The van der Waals surface area contributed by atoms with Gasteiger partial charge in [0.25, 0.3) is 0 Å². The Bertz CT molecular complexity index is 340. The number of aliphatic hydroxyl groups is 1. The van der Waals surface area contributed by atoms with Crippen LogP contribution in [0, 0.1) is 5.41 Å². The summed E-state index contributed by atoms with van der Waals surface area (Å²) in [6.45, 7) is 6.34. The molecule has 0 amide bonds. The summed E-state index contributed by atoms with van der Waals surface area (Å²) in [7, 11) is 1.91. The van der Waals surface area contributed by atoms with Crippen LogP contribution in [0.2, 0.25) is 0 Å². The highest BCUT2D eigenvalue weighted by Crippen LogP contribution is 2.33. The van der Waals surface area contributed by atoms with E-state index in [0.29, 0.717) is 6.42 Å². The molecule has 92 valence electrons. The lowest BCUT2D eigenvalue weighted by Gasteiger charge is -2.39. The second kappa shape index (κ2) is 4.55. The second-order valence-corrected chi connectivity index (χ2v) is 5.43. The van der Waals surface area contributed by atoms with Gasteiger partial charge in [-0.05, 0) is 24.3 Å². The number of nitrogens with zero attached hydrogens (tertiary/aromatic N) is 2. The van der Waals surface area contributed by atoms with E-state index in [1.54, 1.807) is 6.20 Å². The van der Waals surface area contributed by atoms with Crippen LogP contribution in [0.5, 0.6) is 0 Å². The topological polar surface area (TPSA) is 64.1 Å². The van der Waals surface area contributed by atoms with Gasteiger partial charge in [-0.15, -0.1) is 0 Å². The minimum Gasteiger partial charge on any atom is -0.388 e. The average Bonchev–Trinajstić information content (AvgIpc) is 2.59. The molecule has 0 aliphatic carbocycles. The fourth-order valence-electron chi connectivity index (χ4n) is 1.76. The van der Waals surface area contributed by atoms with Crippen molar-refractivity contribution in [2.45, 2.75) is 39.2 Å². The van der Waals surface area contributed by atoms with E-state index in [4.69, 9.17) is 5.73 Å². The molecule has 1 rings (SSSR count). The van der Waals surface area contributed by atoms with Crippen LogP contribution in [-0.4, -0.2) is 27.0 Å². The molecule has 1 atom stereocenters. The lowest BCUT2D eigenvalue weighted by Crippen LogP contribution is -2.49. The molecule has 0 saturated heterocycles. The van der Waals surface area contributed by atoms with Crippen LogP contribution >= 0.6 is 0 Å². The summed E-state index contributed by atoms with van der Waals surface area (Å²) >= 11 is 0. The van der Waals surface area contributed by atoms with Crippen LogP contribution < -0.4 is 5.73 Å². The zero-order valence-corrected chi connectivity index (χ0v) is 10.7. The van der Waals surface area contributed by atoms with Gasteiger partial charge in [-0.1, -0.05) is 20.8 Å². The van der Waals surface area contributed by atoms with Crippen molar-refractivity contribution < 1.29 is 5.11 Å². The first-order valence-corrected chi connectivity index (χ1v) is 5.69. The monoisotopic (exact) mass is 225 g/mol. The van der Waals surface area contributed by atoms with E-state index in [0.717, 1.165) is 12.1 Å². The van der Waals surface area contributed by atoms with Crippen molar-refractivity contribution in [2.24, 2.45) is 18.2 Å². The molecule has 1 aromatic heterocycles. The predicted octanol–water partition coefficient (Wildman–Crippen LogP) is 1.09. The van der Waals surface area contributed by atoms with Gasteiger partial charge in [-0.3, -0.25) is 4.68 Å². The van der Waals surface area contributed by atoms with Gasteiger partial charge in [-0.25, -0.2) is 0 Å². The first-order valence-electron chi connectivity index (χ1n) is 5.69. The molecule has 0 radical (unpaired) electrons. The molecule has 4 nitrogen and oxygen atoms in total. The summed E-state index contributed by atoms with van der Waals surface area (Å²) in [5, 5.41) is 14.6. The zero-order chi connectivity index (χ0) is 12.4. The summed E-state index contributed by atoms with van der Waals surface area (Å²) in [6, 6.07) is 1.97. The average molecular weight is 225 g/mol. The quantitative estimate of drug-likeness (QED) is 0.806. The molecular weight excluding hydrogens is 202 g/mol. The SMILES string of the molecule is Cn1nccc1CCC(O)(CN)C(C)(C)C. The number of aromatic nitrogens is 2. The van der Waals surface area contributed by atoms with Gasteiger partial charge in [0.15, 0.2) is 0 Å². The fraction of sp³-hybridized carbons (Fsp3) is 0.750. The van der Waals surface area contributed by atoms with E-state index >= 15 is 0 Å². The zero-order valence-electron chi connectivity index (χ0n) is 10.7.